The number of rotatable bonds is 4. The molecule has 0 aliphatic carbocycles. The normalized spacial score (nSPS) is 22.7. The van der Waals surface area contributed by atoms with E-state index in [2.05, 4.69) is 18.9 Å². The Balaban J connectivity index is 2.06. The standard InChI is InChI=1S/C16H23NO4/c1-11-10-17(2)8-7-13(11)21-16(18)12-5-6-14(19-3)15(9-12)20-4/h5-6,9,11,13H,7-8,10H2,1-4H3/t11-,13+/m1/s1. The van der Waals surface area contributed by atoms with E-state index in [-0.39, 0.29) is 12.1 Å². The number of nitrogens with zero attached hydrogens (tertiary/aromatic N) is 1. The molecule has 116 valence electrons. The van der Waals surface area contributed by atoms with Gasteiger partial charge in [0.15, 0.2) is 11.5 Å². The molecule has 0 saturated carbocycles. The van der Waals surface area contributed by atoms with Crippen molar-refractivity contribution in [1.29, 1.82) is 0 Å². The Kier molecular flexibility index (Phi) is 5.07. The molecule has 1 fully saturated rings. The zero-order chi connectivity index (χ0) is 15.4. The zero-order valence-corrected chi connectivity index (χ0v) is 13.1. The van der Waals surface area contributed by atoms with Gasteiger partial charge in [0.2, 0.25) is 0 Å². The van der Waals surface area contributed by atoms with Gasteiger partial charge in [-0.2, -0.15) is 0 Å². The van der Waals surface area contributed by atoms with Crippen molar-refractivity contribution in [3.63, 3.8) is 0 Å². The Morgan fingerprint density at radius 1 is 1.24 bits per heavy atom. The van der Waals surface area contributed by atoms with E-state index in [0.717, 1.165) is 19.5 Å². The van der Waals surface area contributed by atoms with Crippen molar-refractivity contribution in [1.82, 2.24) is 4.90 Å². The summed E-state index contributed by atoms with van der Waals surface area (Å²) in [6.07, 6.45) is 0.846. The van der Waals surface area contributed by atoms with Gasteiger partial charge in [-0.3, -0.25) is 0 Å². The fourth-order valence-electron chi connectivity index (χ4n) is 2.68. The van der Waals surface area contributed by atoms with Crippen molar-refractivity contribution in [3.05, 3.63) is 23.8 Å². The summed E-state index contributed by atoms with van der Waals surface area (Å²) in [6.45, 7) is 4.01. The maximum absolute atomic E-state index is 12.3. The molecule has 1 aliphatic rings. The first kappa shape index (κ1) is 15.6. The smallest absolute Gasteiger partial charge is 0.338 e. The highest BCUT2D eigenvalue weighted by molar-refractivity contribution is 5.90. The van der Waals surface area contributed by atoms with E-state index in [1.165, 1.54) is 0 Å². The van der Waals surface area contributed by atoms with Crippen LogP contribution in [0, 0.1) is 5.92 Å². The number of piperidine rings is 1. The van der Waals surface area contributed by atoms with Crippen molar-refractivity contribution < 1.29 is 19.0 Å². The minimum Gasteiger partial charge on any atom is -0.493 e. The Morgan fingerprint density at radius 3 is 2.57 bits per heavy atom. The van der Waals surface area contributed by atoms with Gasteiger partial charge in [-0.1, -0.05) is 6.92 Å². The Hall–Kier alpha value is -1.75. The first-order valence-corrected chi connectivity index (χ1v) is 7.16. The average molecular weight is 293 g/mol. The van der Waals surface area contributed by atoms with E-state index < -0.39 is 0 Å². The zero-order valence-electron chi connectivity index (χ0n) is 13.1. The first-order valence-electron chi connectivity index (χ1n) is 7.16. The summed E-state index contributed by atoms with van der Waals surface area (Å²) in [5.41, 5.74) is 0.485. The van der Waals surface area contributed by atoms with E-state index in [1.54, 1.807) is 32.4 Å². The third kappa shape index (κ3) is 3.67. The predicted octanol–water partition coefficient (Wildman–Crippen LogP) is 2.20. The second-order valence-electron chi connectivity index (χ2n) is 5.54. The van der Waals surface area contributed by atoms with Crippen molar-refractivity contribution in [2.24, 2.45) is 5.92 Å². The fraction of sp³-hybridized carbons (Fsp3) is 0.562. The van der Waals surface area contributed by atoms with E-state index in [0.29, 0.717) is 23.0 Å². The molecule has 2 atom stereocenters. The molecule has 1 heterocycles. The number of benzene rings is 1. The number of hydrogen-bond donors (Lipinski definition) is 0. The van der Waals surface area contributed by atoms with Gasteiger partial charge in [0.25, 0.3) is 0 Å². The van der Waals surface area contributed by atoms with Gasteiger partial charge in [0, 0.05) is 19.0 Å². The Morgan fingerprint density at radius 2 is 1.95 bits per heavy atom. The van der Waals surface area contributed by atoms with Gasteiger partial charge in [-0.15, -0.1) is 0 Å². The predicted molar refractivity (Wildman–Crippen MR) is 80.0 cm³/mol. The quantitative estimate of drug-likeness (QED) is 0.797. The topological polar surface area (TPSA) is 48.0 Å². The highest BCUT2D eigenvalue weighted by Gasteiger charge is 2.27. The van der Waals surface area contributed by atoms with Gasteiger partial charge < -0.3 is 19.1 Å². The van der Waals surface area contributed by atoms with Crippen LogP contribution in [-0.2, 0) is 4.74 Å². The average Bonchev–Trinajstić information content (AvgIpc) is 2.49. The molecule has 1 saturated heterocycles. The number of likely N-dealkylation sites (tertiary alicyclic amines) is 1. The molecule has 0 spiro atoms. The van der Waals surface area contributed by atoms with Gasteiger partial charge >= 0.3 is 5.97 Å². The molecule has 0 amide bonds. The van der Waals surface area contributed by atoms with Crippen LogP contribution in [0.25, 0.3) is 0 Å². The van der Waals surface area contributed by atoms with Crippen LogP contribution in [0.2, 0.25) is 0 Å². The Bertz CT molecular complexity index is 503. The number of ether oxygens (including phenoxy) is 3. The molecule has 21 heavy (non-hydrogen) atoms. The lowest BCUT2D eigenvalue weighted by Gasteiger charge is -2.34. The third-order valence-electron chi connectivity index (χ3n) is 3.91. The second-order valence-corrected chi connectivity index (χ2v) is 5.54. The number of carbonyl (C=O) groups excluding carboxylic acids is 1. The molecule has 5 heteroatoms. The lowest BCUT2D eigenvalue weighted by Crippen LogP contribution is -2.41. The first-order chi connectivity index (χ1) is 10.0. The number of esters is 1. The number of methoxy groups -OCH3 is 2. The highest BCUT2D eigenvalue weighted by Crippen LogP contribution is 2.28. The lowest BCUT2D eigenvalue weighted by atomic mass is 9.97. The highest BCUT2D eigenvalue weighted by atomic mass is 16.5. The fourth-order valence-corrected chi connectivity index (χ4v) is 2.68. The van der Waals surface area contributed by atoms with Crippen molar-refractivity contribution in [3.8, 4) is 11.5 Å². The van der Waals surface area contributed by atoms with Gasteiger partial charge in [-0.25, -0.2) is 4.79 Å². The SMILES string of the molecule is COc1ccc(C(=O)O[C@H]2CCN(C)C[C@H]2C)cc1OC. The summed E-state index contributed by atoms with van der Waals surface area (Å²) < 4.78 is 16.0. The van der Waals surface area contributed by atoms with E-state index in [1.807, 2.05) is 0 Å². The summed E-state index contributed by atoms with van der Waals surface area (Å²) in [5.74, 6) is 1.16. The molecule has 0 aromatic heterocycles. The lowest BCUT2D eigenvalue weighted by molar-refractivity contribution is -0.00666. The molecule has 1 aliphatic heterocycles. The van der Waals surface area contributed by atoms with Crippen molar-refractivity contribution in [2.45, 2.75) is 19.4 Å². The molecule has 0 N–H and O–H groups in total. The van der Waals surface area contributed by atoms with Crippen LogP contribution in [-0.4, -0.2) is 51.3 Å². The van der Waals surface area contributed by atoms with E-state index in [9.17, 15) is 4.79 Å². The van der Waals surface area contributed by atoms with Crippen molar-refractivity contribution >= 4 is 5.97 Å². The maximum atomic E-state index is 12.3. The van der Waals surface area contributed by atoms with Crippen LogP contribution in [0.5, 0.6) is 11.5 Å². The Labute approximate surface area is 125 Å². The molecular weight excluding hydrogens is 270 g/mol. The van der Waals surface area contributed by atoms with Gasteiger partial charge in [-0.05, 0) is 31.7 Å². The summed E-state index contributed by atoms with van der Waals surface area (Å²) in [6, 6.07) is 5.07. The largest absolute Gasteiger partial charge is 0.493 e. The second kappa shape index (κ2) is 6.80. The van der Waals surface area contributed by atoms with Gasteiger partial charge in [0.1, 0.15) is 6.10 Å². The number of hydrogen-bond acceptors (Lipinski definition) is 5. The summed E-state index contributed by atoms with van der Waals surface area (Å²) in [7, 11) is 5.20. The molecule has 0 unspecified atom stereocenters. The molecule has 5 nitrogen and oxygen atoms in total. The van der Waals surface area contributed by atoms with Crippen LogP contribution < -0.4 is 9.47 Å². The van der Waals surface area contributed by atoms with E-state index >= 15 is 0 Å². The van der Waals surface area contributed by atoms with Crippen LogP contribution in [0.3, 0.4) is 0 Å². The minimum atomic E-state index is -0.308. The van der Waals surface area contributed by atoms with E-state index in [4.69, 9.17) is 14.2 Å². The molecule has 1 aromatic rings. The number of carbonyl (C=O) groups is 1. The summed E-state index contributed by atoms with van der Waals surface area (Å²) in [5, 5.41) is 0. The minimum absolute atomic E-state index is 0.0261. The molecule has 0 radical (unpaired) electrons. The molecule has 2 rings (SSSR count). The molecule has 1 aromatic carbocycles. The monoisotopic (exact) mass is 293 g/mol. The molecular formula is C16H23NO4. The maximum Gasteiger partial charge on any atom is 0.338 e. The van der Waals surface area contributed by atoms with Gasteiger partial charge in [0.05, 0.1) is 19.8 Å². The van der Waals surface area contributed by atoms with Crippen molar-refractivity contribution in [2.75, 3.05) is 34.4 Å². The molecule has 0 bridgehead atoms. The third-order valence-corrected chi connectivity index (χ3v) is 3.91. The summed E-state index contributed by atoms with van der Waals surface area (Å²) >= 11 is 0. The van der Waals surface area contributed by atoms with Crippen LogP contribution >= 0.6 is 0 Å². The van der Waals surface area contributed by atoms with Crippen LogP contribution in [0.1, 0.15) is 23.7 Å². The van der Waals surface area contributed by atoms with Crippen LogP contribution in [0.4, 0.5) is 0 Å². The summed E-state index contributed by atoms with van der Waals surface area (Å²) in [4.78, 5) is 14.5. The van der Waals surface area contributed by atoms with Crippen LogP contribution in [0.15, 0.2) is 18.2 Å².